The lowest BCUT2D eigenvalue weighted by Gasteiger charge is -2.32. The maximum Gasteiger partial charge on any atom is 0.0126 e. The fourth-order valence-corrected chi connectivity index (χ4v) is 1.42. The van der Waals surface area contributed by atoms with Gasteiger partial charge in [0.25, 0.3) is 0 Å². The van der Waals surface area contributed by atoms with Crippen molar-refractivity contribution in [1.29, 1.82) is 0 Å². The van der Waals surface area contributed by atoms with Crippen LogP contribution in [-0.2, 0) is 0 Å². The van der Waals surface area contributed by atoms with Crippen molar-refractivity contribution in [1.82, 2.24) is 0 Å². The molecule has 54 valence electrons. The Hall–Kier alpha value is -0.0400. The van der Waals surface area contributed by atoms with Gasteiger partial charge in [-0.1, -0.05) is 6.92 Å². The summed E-state index contributed by atoms with van der Waals surface area (Å²) in [6.45, 7) is 4.48. The summed E-state index contributed by atoms with van der Waals surface area (Å²) in [4.78, 5) is 0. The van der Waals surface area contributed by atoms with Crippen LogP contribution in [-0.4, -0.2) is 5.54 Å². The Morgan fingerprint density at radius 3 is 2.11 bits per heavy atom. The Kier molecular flexibility index (Phi) is 1.80. The molecule has 0 aliphatic heterocycles. The number of hydrogen-bond donors (Lipinski definition) is 1. The standard InChI is InChI=1S/C8H17N/c1-7-3-5-8(2,9)6-4-7/h7H,3-6,9H2,1-2H3/t7-,8-. The molecule has 1 saturated carbocycles. The van der Waals surface area contributed by atoms with E-state index in [0.29, 0.717) is 0 Å². The highest BCUT2D eigenvalue weighted by atomic mass is 14.7. The van der Waals surface area contributed by atoms with Gasteiger partial charge in [0.1, 0.15) is 0 Å². The third-order valence-corrected chi connectivity index (χ3v) is 2.42. The van der Waals surface area contributed by atoms with Gasteiger partial charge in [0.05, 0.1) is 0 Å². The molecule has 0 spiro atoms. The molecule has 0 heterocycles. The van der Waals surface area contributed by atoms with E-state index in [9.17, 15) is 0 Å². The van der Waals surface area contributed by atoms with Crippen molar-refractivity contribution in [2.45, 2.75) is 45.1 Å². The highest BCUT2D eigenvalue weighted by Crippen LogP contribution is 2.28. The number of rotatable bonds is 0. The normalized spacial score (nSPS) is 45.0. The third-order valence-electron chi connectivity index (χ3n) is 2.42. The Bertz CT molecular complexity index is 86.7. The fraction of sp³-hybridized carbons (Fsp3) is 1.00. The van der Waals surface area contributed by atoms with Gasteiger partial charge >= 0.3 is 0 Å². The van der Waals surface area contributed by atoms with E-state index in [4.69, 9.17) is 5.73 Å². The number of nitrogens with two attached hydrogens (primary N) is 1. The molecule has 1 heteroatoms. The average molecular weight is 127 g/mol. The molecule has 1 nitrogen and oxygen atoms in total. The van der Waals surface area contributed by atoms with Crippen LogP contribution in [0.3, 0.4) is 0 Å². The molecule has 0 radical (unpaired) electrons. The number of hydrogen-bond acceptors (Lipinski definition) is 1. The predicted molar refractivity (Wildman–Crippen MR) is 40.2 cm³/mol. The summed E-state index contributed by atoms with van der Waals surface area (Å²) in [6, 6.07) is 0. The second kappa shape index (κ2) is 2.30. The van der Waals surface area contributed by atoms with Crippen LogP contribution in [0.15, 0.2) is 0 Å². The first-order valence-electron chi connectivity index (χ1n) is 3.89. The second-order valence-corrected chi connectivity index (χ2v) is 3.84. The Labute approximate surface area is 57.6 Å². The van der Waals surface area contributed by atoms with Crippen molar-refractivity contribution in [3.63, 3.8) is 0 Å². The SMILES string of the molecule is C[C@H]1CC[C@](C)(N)CC1. The van der Waals surface area contributed by atoms with E-state index in [2.05, 4.69) is 13.8 Å². The van der Waals surface area contributed by atoms with Gasteiger partial charge in [0.15, 0.2) is 0 Å². The molecule has 1 aliphatic carbocycles. The zero-order valence-corrected chi connectivity index (χ0v) is 6.48. The van der Waals surface area contributed by atoms with E-state index in [-0.39, 0.29) is 5.54 Å². The molecule has 0 aromatic rings. The van der Waals surface area contributed by atoms with Gasteiger partial charge in [-0.15, -0.1) is 0 Å². The maximum absolute atomic E-state index is 5.94. The summed E-state index contributed by atoms with van der Waals surface area (Å²) in [5.41, 5.74) is 6.10. The van der Waals surface area contributed by atoms with Crippen LogP contribution in [0.2, 0.25) is 0 Å². The van der Waals surface area contributed by atoms with E-state index in [1.165, 1.54) is 25.7 Å². The minimum atomic E-state index is 0.159. The van der Waals surface area contributed by atoms with Crippen LogP contribution in [0.1, 0.15) is 39.5 Å². The summed E-state index contributed by atoms with van der Waals surface area (Å²) < 4.78 is 0. The monoisotopic (exact) mass is 127 g/mol. The van der Waals surface area contributed by atoms with Crippen molar-refractivity contribution >= 4 is 0 Å². The van der Waals surface area contributed by atoms with Crippen LogP contribution in [0.5, 0.6) is 0 Å². The summed E-state index contributed by atoms with van der Waals surface area (Å²) in [5, 5.41) is 0. The Morgan fingerprint density at radius 2 is 1.78 bits per heavy atom. The molecule has 0 saturated heterocycles. The molecular weight excluding hydrogens is 110 g/mol. The summed E-state index contributed by atoms with van der Waals surface area (Å²) in [7, 11) is 0. The molecule has 0 atom stereocenters. The van der Waals surface area contributed by atoms with E-state index >= 15 is 0 Å². The van der Waals surface area contributed by atoms with Gasteiger partial charge in [-0.25, -0.2) is 0 Å². The van der Waals surface area contributed by atoms with Crippen LogP contribution < -0.4 is 5.73 Å². The van der Waals surface area contributed by atoms with E-state index in [0.717, 1.165) is 5.92 Å². The van der Waals surface area contributed by atoms with Crippen LogP contribution in [0.4, 0.5) is 0 Å². The summed E-state index contributed by atoms with van der Waals surface area (Å²) in [6.07, 6.45) is 5.09. The van der Waals surface area contributed by atoms with Gasteiger partial charge in [0, 0.05) is 5.54 Å². The third kappa shape index (κ3) is 1.98. The largest absolute Gasteiger partial charge is 0.325 e. The molecular formula is C8H17N. The lowest BCUT2D eigenvalue weighted by Crippen LogP contribution is -2.39. The van der Waals surface area contributed by atoms with Crippen molar-refractivity contribution in [3.8, 4) is 0 Å². The fourth-order valence-electron chi connectivity index (χ4n) is 1.42. The molecule has 0 bridgehead atoms. The van der Waals surface area contributed by atoms with Crippen molar-refractivity contribution < 1.29 is 0 Å². The minimum absolute atomic E-state index is 0.159. The molecule has 9 heavy (non-hydrogen) atoms. The van der Waals surface area contributed by atoms with Gasteiger partial charge in [-0.2, -0.15) is 0 Å². The summed E-state index contributed by atoms with van der Waals surface area (Å²) in [5.74, 6) is 0.918. The molecule has 0 unspecified atom stereocenters. The molecule has 0 aromatic heterocycles. The van der Waals surface area contributed by atoms with Crippen molar-refractivity contribution in [2.75, 3.05) is 0 Å². The van der Waals surface area contributed by atoms with Crippen molar-refractivity contribution in [3.05, 3.63) is 0 Å². The van der Waals surface area contributed by atoms with Crippen LogP contribution >= 0.6 is 0 Å². The lowest BCUT2D eigenvalue weighted by molar-refractivity contribution is 0.264. The van der Waals surface area contributed by atoms with E-state index in [1.54, 1.807) is 0 Å². The van der Waals surface area contributed by atoms with E-state index in [1.807, 2.05) is 0 Å². The molecule has 0 amide bonds. The molecule has 2 N–H and O–H groups in total. The molecule has 0 aromatic carbocycles. The van der Waals surface area contributed by atoms with Gasteiger partial charge in [-0.3, -0.25) is 0 Å². The van der Waals surface area contributed by atoms with Gasteiger partial charge in [-0.05, 0) is 38.5 Å². The smallest absolute Gasteiger partial charge is 0.0126 e. The quantitative estimate of drug-likeness (QED) is 0.528. The van der Waals surface area contributed by atoms with Crippen LogP contribution in [0, 0.1) is 5.92 Å². The lowest BCUT2D eigenvalue weighted by atomic mass is 9.79. The molecule has 1 rings (SSSR count). The summed E-state index contributed by atoms with van der Waals surface area (Å²) >= 11 is 0. The molecule has 1 fully saturated rings. The Morgan fingerprint density at radius 1 is 1.33 bits per heavy atom. The first-order valence-corrected chi connectivity index (χ1v) is 3.89. The highest BCUT2D eigenvalue weighted by Gasteiger charge is 2.24. The van der Waals surface area contributed by atoms with Gasteiger partial charge < -0.3 is 5.73 Å². The highest BCUT2D eigenvalue weighted by molar-refractivity contribution is 4.83. The van der Waals surface area contributed by atoms with Crippen LogP contribution in [0.25, 0.3) is 0 Å². The predicted octanol–water partition coefficient (Wildman–Crippen LogP) is 1.91. The first kappa shape index (κ1) is 7.07. The Balaban J connectivity index is 2.35. The minimum Gasteiger partial charge on any atom is -0.325 e. The first-order chi connectivity index (χ1) is 4.10. The molecule has 1 aliphatic rings. The topological polar surface area (TPSA) is 26.0 Å². The van der Waals surface area contributed by atoms with Gasteiger partial charge in [0.2, 0.25) is 0 Å². The van der Waals surface area contributed by atoms with Crippen molar-refractivity contribution in [2.24, 2.45) is 11.7 Å². The zero-order valence-electron chi connectivity index (χ0n) is 6.48. The second-order valence-electron chi connectivity index (χ2n) is 3.84. The average Bonchev–Trinajstić information content (AvgIpc) is 1.78. The maximum atomic E-state index is 5.94. The van der Waals surface area contributed by atoms with E-state index < -0.39 is 0 Å². The zero-order chi connectivity index (χ0) is 6.91.